The minimum absolute atomic E-state index is 0.163. The van der Waals surface area contributed by atoms with Crippen LogP contribution >= 0.6 is 0 Å². The Morgan fingerprint density at radius 2 is 1.11 bits per heavy atom. The van der Waals surface area contributed by atoms with Gasteiger partial charge < -0.3 is 9.47 Å². The molecule has 0 amide bonds. The van der Waals surface area contributed by atoms with Gasteiger partial charge in [0.1, 0.15) is 32.6 Å². The van der Waals surface area contributed by atoms with E-state index in [1.807, 2.05) is 13.8 Å². The van der Waals surface area contributed by atoms with Gasteiger partial charge in [0.2, 0.25) is 0 Å². The van der Waals surface area contributed by atoms with Crippen molar-refractivity contribution in [2.24, 2.45) is 0 Å². The van der Waals surface area contributed by atoms with E-state index >= 15 is 0 Å². The Bertz CT molecular complexity index is 1920. The van der Waals surface area contributed by atoms with Crippen LogP contribution in [0.4, 0.5) is 0 Å². The van der Waals surface area contributed by atoms with Crippen molar-refractivity contribution in [3.8, 4) is 17.2 Å². The Balaban J connectivity index is 2.09. The van der Waals surface area contributed by atoms with Crippen LogP contribution in [0.5, 0.6) is 17.2 Å². The molecule has 0 unspecified atom stereocenters. The van der Waals surface area contributed by atoms with Gasteiger partial charge in [0.25, 0.3) is 30.4 Å². The van der Waals surface area contributed by atoms with Crippen LogP contribution < -0.4 is 9.47 Å². The molecule has 3 N–H and O–H groups in total. The molecular weight excluding hydrogens is 637 g/mol. The molecule has 3 rings (SSSR count). The van der Waals surface area contributed by atoms with E-state index in [9.17, 15) is 43.7 Å². The molecule has 0 radical (unpaired) electrons. The maximum absolute atomic E-state index is 13.3. The van der Waals surface area contributed by atoms with Crippen LogP contribution in [-0.2, 0) is 35.8 Å². The first-order chi connectivity index (χ1) is 20.0. The Morgan fingerprint density at radius 3 is 1.59 bits per heavy atom. The SMILES string of the molecule is CCC(C)(CC)Oc1ccc(Oc2ccc(C(=O)c3ccc(C(C)(C)C)c(S(=O)(=O)O)c3)cc2S(=O)(=O)O)cc1S(=O)(=O)O. The summed E-state index contributed by atoms with van der Waals surface area (Å²) in [6.45, 7) is 10.6. The Labute approximate surface area is 257 Å². The molecule has 3 aromatic carbocycles. The third kappa shape index (κ3) is 8.02. The quantitative estimate of drug-likeness (QED) is 0.166. The Morgan fingerprint density at radius 1 is 0.659 bits per heavy atom. The first kappa shape index (κ1) is 35.1. The molecule has 0 aliphatic heterocycles. The molecule has 0 aromatic heterocycles. The molecule has 0 heterocycles. The van der Waals surface area contributed by atoms with Gasteiger partial charge in [-0.3, -0.25) is 18.5 Å². The number of rotatable bonds is 11. The summed E-state index contributed by atoms with van der Waals surface area (Å²) in [5.41, 5.74) is -1.70. The highest BCUT2D eigenvalue weighted by Gasteiger charge is 2.29. The van der Waals surface area contributed by atoms with Crippen molar-refractivity contribution in [3.63, 3.8) is 0 Å². The standard InChI is InChI=1S/C29H34O12S3/c1-7-29(6,8-2)41-23-14-11-20(17-26(23)44(37,38)39)40-22-13-10-19(16-25(22)43(34,35)36)27(30)18-9-12-21(28(3,4)5)24(15-18)42(31,32)33/h9-17H,7-8H2,1-6H3,(H,31,32,33)(H,34,35,36)(H,37,38,39). The lowest BCUT2D eigenvalue weighted by molar-refractivity contribution is 0.0764. The zero-order valence-electron chi connectivity index (χ0n) is 24.9. The highest BCUT2D eigenvalue weighted by Crippen LogP contribution is 2.37. The molecule has 0 bridgehead atoms. The molecule has 0 atom stereocenters. The number of hydrogen-bond acceptors (Lipinski definition) is 9. The molecule has 0 saturated heterocycles. The number of carbonyl (C=O) groups is 1. The first-order valence-electron chi connectivity index (χ1n) is 13.3. The van der Waals surface area contributed by atoms with Gasteiger partial charge in [0.05, 0.1) is 4.90 Å². The van der Waals surface area contributed by atoms with Crippen LogP contribution in [-0.4, -0.2) is 50.3 Å². The fourth-order valence-electron chi connectivity index (χ4n) is 4.22. The van der Waals surface area contributed by atoms with Gasteiger partial charge >= 0.3 is 0 Å². The third-order valence-corrected chi connectivity index (χ3v) is 9.73. The van der Waals surface area contributed by atoms with E-state index in [2.05, 4.69) is 0 Å². The first-order valence-corrected chi connectivity index (χ1v) is 17.6. The fourth-order valence-corrected chi connectivity index (χ4v) is 6.42. The van der Waals surface area contributed by atoms with Crippen molar-refractivity contribution < 1.29 is 53.2 Å². The van der Waals surface area contributed by atoms with Gasteiger partial charge in [-0.05, 0) is 67.1 Å². The summed E-state index contributed by atoms with van der Waals surface area (Å²) >= 11 is 0. The topological polar surface area (TPSA) is 199 Å². The van der Waals surface area contributed by atoms with Crippen molar-refractivity contribution in [2.75, 3.05) is 0 Å². The van der Waals surface area contributed by atoms with Crippen molar-refractivity contribution >= 4 is 36.1 Å². The number of hydrogen-bond donors (Lipinski definition) is 3. The van der Waals surface area contributed by atoms with E-state index in [0.717, 1.165) is 30.3 Å². The molecule has 0 aliphatic carbocycles. The zero-order valence-corrected chi connectivity index (χ0v) is 27.3. The molecule has 15 heteroatoms. The Hall–Kier alpha value is -3.34. The highest BCUT2D eigenvalue weighted by molar-refractivity contribution is 7.86. The van der Waals surface area contributed by atoms with E-state index in [4.69, 9.17) is 9.47 Å². The average molecular weight is 671 g/mol. The summed E-state index contributed by atoms with van der Waals surface area (Å²) in [6.07, 6.45) is 1.04. The number of benzene rings is 3. The predicted molar refractivity (Wildman–Crippen MR) is 161 cm³/mol. The van der Waals surface area contributed by atoms with Crippen molar-refractivity contribution in [1.29, 1.82) is 0 Å². The van der Waals surface area contributed by atoms with Crippen molar-refractivity contribution in [1.82, 2.24) is 0 Å². The van der Waals surface area contributed by atoms with Crippen molar-refractivity contribution in [2.45, 2.75) is 80.1 Å². The van der Waals surface area contributed by atoms with E-state index < -0.39 is 67.6 Å². The lowest BCUT2D eigenvalue weighted by atomic mass is 9.86. The van der Waals surface area contributed by atoms with Gasteiger partial charge in [0, 0.05) is 17.2 Å². The molecule has 0 saturated carbocycles. The molecule has 240 valence electrons. The summed E-state index contributed by atoms with van der Waals surface area (Å²) < 4.78 is 114. The number of ether oxygens (including phenoxy) is 2. The van der Waals surface area contributed by atoms with Gasteiger partial charge in [-0.2, -0.15) is 25.3 Å². The van der Waals surface area contributed by atoms with Crippen LogP contribution in [0.15, 0.2) is 69.3 Å². The molecular formula is C29H34O12S3. The van der Waals surface area contributed by atoms with E-state index in [1.54, 1.807) is 27.7 Å². The second-order valence-corrected chi connectivity index (χ2v) is 15.5. The van der Waals surface area contributed by atoms with E-state index in [-0.39, 0.29) is 28.2 Å². The molecule has 12 nitrogen and oxygen atoms in total. The highest BCUT2D eigenvalue weighted by atomic mass is 32.2. The van der Waals surface area contributed by atoms with Gasteiger partial charge in [0.15, 0.2) is 5.78 Å². The lowest BCUT2D eigenvalue weighted by Gasteiger charge is -2.29. The third-order valence-electron chi connectivity index (χ3n) is 7.09. The molecule has 0 spiro atoms. The maximum atomic E-state index is 13.3. The molecule has 0 fully saturated rings. The largest absolute Gasteiger partial charge is 0.486 e. The lowest BCUT2D eigenvalue weighted by Crippen LogP contribution is -2.31. The number of carbonyl (C=O) groups excluding carboxylic acids is 1. The molecule has 3 aromatic rings. The minimum Gasteiger partial charge on any atom is -0.486 e. The summed E-state index contributed by atoms with van der Waals surface area (Å²) in [7, 11) is -14.6. The van der Waals surface area contributed by atoms with Gasteiger partial charge in [-0.25, -0.2) is 0 Å². The van der Waals surface area contributed by atoms with Crippen LogP contribution in [0.3, 0.4) is 0 Å². The minimum atomic E-state index is -5.03. The second kappa shape index (κ2) is 12.2. The summed E-state index contributed by atoms with van der Waals surface area (Å²) in [6, 6.07) is 10.0. The van der Waals surface area contributed by atoms with Gasteiger partial charge in [-0.1, -0.05) is 46.8 Å². The molecule has 44 heavy (non-hydrogen) atoms. The van der Waals surface area contributed by atoms with Gasteiger partial charge in [-0.15, -0.1) is 0 Å². The summed E-state index contributed by atoms with van der Waals surface area (Å²) in [4.78, 5) is 11.3. The monoisotopic (exact) mass is 670 g/mol. The van der Waals surface area contributed by atoms with Crippen LogP contribution in [0, 0.1) is 0 Å². The van der Waals surface area contributed by atoms with Crippen LogP contribution in [0.25, 0.3) is 0 Å². The number of ketones is 1. The zero-order chi connectivity index (χ0) is 33.5. The normalized spacial score (nSPS) is 13.0. The summed E-state index contributed by atoms with van der Waals surface area (Å²) in [5.74, 6) is -1.74. The summed E-state index contributed by atoms with van der Waals surface area (Å²) in [5, 5.41) is 0. The van der Waals surface area contributed by atoms with E-state index in [1.165, 1.54) is 24.3 Å². The van der Waals surface area contributed by atoms with Crippen molar-refractivity contribution in [3.05, 3.63) is 71.3 Å². The van der Waals surface area contributed by atoms with Crippen LogP contribution in [0.2, 0.25) is 0 Å². The van der Waals surface area contributed by atoms with Crippen LogP contribution in [0.1, 0.15) is 75.9 Å². The second-order valence-electron chi connectivity index (χ2n) is 11.3. The predicted octanol–water partition coefficient (Wildman–Crippen LogP) is 5.71. The fraction of sp³-hybridized carbons (Fsp3) is 0.345. The maximum Gasteiger partial charge on any atom is 0.298 e. The molecule has 0 aliphatic rings. The van der Waals surface area contributed by atoms with E-state index in [0.29, 0.717) is 12.8 Å². The smallest absolute Gasteiger partial charge is 0.298 e. The Kier molecular flexibility index (Phi) is 9.76. The average Bonchev–Trinajstić information content (AvgIpc) is 2.91.